The zero-order chi connectivity index (χ0) is 14.7. The molecule has 2 rings (SSSR count). The zero-order valence-corrected chi connectivity index (χ0v) is 12.0. The fourth-order valence-electron chi connectivity index (χ4n) is 2.45. The minimum atomic E-state index is -0.355. The average Bonchev–Trinajstić information content (AvgIpc) is 2.43. The first kappa shape index (κ1) is 14.4. The molecule has 0 fully saturated rings. The molecule has 1 aromatic heterocycles. The maximum absolute atomic E-state index is 11.1. The highest BCUT2D eigenvalue weighted by atomic mass is 16.6. The molecule has 0 spiro atoms. The van der Waals surface area contributed by atoms with Crippen molar-refractivity contribution in [1.82, 2.24) is 10.3 Å². The number of rotatable bonds is 5. The molecule has 0 saturated heterocycles. The van der Waals surface area contributed by atoms with E-state index < -0.39 is 0 Å². The van der Waals surface area contributed by atoms with Crippen LogP contribution in [0.5, 0.6) is 0 Å². The Morgan fingerprint density at radius 1 is 1.35 bits per heavy atom. The van der Waals surface area contributed by atoms with Gasteiger partial charge < -0.3 is 5.32 Å². The third-order valence-corrected chi connectivity index (χ3v) is 3.64. The van der Waals surface area contributed by atoms with Crippen LogP contribution in [0.4, 0.5) is 5.69 Å². The lowest BCUT2D eigenvalue weighted by Gasteiger charge is -2.20. The SMILES string of the molecule is CNC(Cc1ccc([N+](=O)[O-])c2cccnc12)C(C)C. The van der Waals surface area contributed by atoms with E-state index in [0.29, 0.717) is 17.3 Å². The number of nitro benzene ring substituents is 1. The molecule has 1 heterocycles. The predicted octanol–water partition coefficient (Wildman–Crippen LogP) is 2.93. The van der Waals surface area contributed by atoms with Gasteiger partial charge in [0.15, 0.2) is 0 Å². The Bertz CT molecular complexity index is 626. The molecule has 20 heavy (non-hydrogen) atoms. The van der Waals surface area contributed by atoms with Gasteiger partial charge in [0, 0.05) is 18.3 Å². The molecular weight excluding hydrogens is 254 g/mol. The summed E-state index contributed by atoms with van der Waals surface area (Å²) in [5.41, 5.74) is 1.88. The van der Waals surface area contributed by atoms with Gasteiger partial charge >= 0.3 is 0 Å². The van der Waals surface area contributed by atoms with Crippen LogP contribution < -0.4 is 5.32 Å². The van der Waals surface area contributed by atoms with Crippen molar-refractivity contribution >= 4 is 16.6 Å². The van der Waals surface area contributed by atoms with Crippen molar-refractivity contribution in [3.63, 3.8) is 0 Å². The van der Waals surface area contributed by atoms with Crippen molar-refractivity contribution in [3.05, 3.63) is 46.1 Å². The minimum Gasteiger partial charge on any atom is -0.316 e. The van der Waals surface area contributed by atoms with E-state index >= 15 is 0 Å². The number of hydrogen-bond acceptors (Lipinski definition) is 4. The molecule has 2 aromatic rings. The molecule has 1 atom stereocenters. The molecule has 106 valence electrons. The van der Waals surface area contributed by atoms with Crippen molar-refractivity contribution in [1.29, 1.82) is 0 Å². The van der Waals surface area contributed by atoms with Gasteiger partial charge in [-0.05, 0) is 43.1 Å². The third kappa shape index (κ3) is 2.77. The van der Waals surface area contributed by atoms with E-state index in [1.165, 1.54) is 0 Å². The number of pyridine rings is 1. The second-order valence-corrected chi connectivity index (χ2v) is 5.24. The lowest BCUT2D eigenvalue weighted by Crippen LogP contribution is -2.32. The molecule has 1 N–H and O–H groups in total. The summed E-state index contributed by atoms with van der Waals surface area (Å²) >= 11 is 0. The molecule has 5 heteroatoms. The van der Waals surface area contributed by atoms with Crippen LogP contribution in [0.25, 0.3) is 10.9 Å². The summed E-state index contributed by atoms with van der Waals surface area (Å²) < 4.78 is 0. The van der Waals surface area contributed by atoms with E-state index in [1.807, 2.05) is 13.1 Å². The number of benzene rings is 1. The molecule has 0 aliphatic rings. The highest BCUT2D eigenvalue weighted by Crippen LogP contribution is 2.27. The van der Waals surface area contributed by atoms with E-state index in [0.717, 1.165) is 17.5 Å². The Balaban J connectivity index is 2.50. The number of nitro groups is 1. The first-order valence-corrected chi connectivity index (χ1v) is 6.73. The van der Waals surface area contributed by atoms with Gasteiger partial charge in [0.05, 0.1) is 15.8 Å². The monoisotopic (exact) mass is 273 g/mol. The highest BCUT2D eigenvalue weighted by Gasteiger charge is 2.18. The van der Waals surface area contributed by atoms with E-state index in [1.54, 1.807) is 24.4 Å². The first-order valence-electron chi connectivity index (χ1n) is 6.73. The maximum atomic E-state index is 11.1. The molecule has 0 saturated carbocycles. The van der Waals surface area contributed by atoms with Crippen molar-refractivity contribution < 1.29 is 4.92 Å². The molecular formula is C15H19N3O2. The molecule has 1 unspecified atom stereocenters. The normalized spacial score (nSPS) is 12.8. The summed E-state index contributed by atoms with van der Waals surface area (Å²) in [6.45, 7) is 4.31. The highest BCUT2D eigenvalue weighted by molar-refractivity contribution is 5.90. The van der Waals surface area contributed by atoms with Crippen LogP contribution in [0, 0.1) is 16.0 Å². The van der Waals surface area contributed by atoms with E-state index in [-0.39, 0.29) is 10.6 Å². The Morgan fingerprint density at radius 3 is 2.70 bits per heavy atom. The summed E-state index contributed by atoms with van der Waals surface area (Å²) in [4.78, 5) is 15.1. The number of fused-ring (bicyclic) bond motifs is 1. The Morgan fingerprint density at radius 2 is 2.10 bits per heavy atom. The Kier molecular flexibility index (Phi) is 4.29. The lowest BCUT2D eigenvalue weighted by molar-refractivity contribution is -0.383. The summed E-state index contributed by atoms with van der Waals surface area (Å²) in [5.74, 6) is 0.481. The van der Waals surface area contributed by atoms with Gasteiger partial charge in [-0.25, -0.2) is 0 Å². The summed E-state index contributed by atoms with van der Waals surface area (Å²) in [6.07, 6.45) is 2.49. The number of likely N-dealkylation sites (N-methyl/N-ethyl adjacent to an activating group) is 1. The number of non-ortho nitro benzene ring substituents is 1. The average molecular weight is 273 g/mol. The van der Waals surface area contributed by atoms with Gasteiger partial charge in [-0.3, -0.25) is 15.1 Å². The summed E-state index contributed by atoms with van der Waals surface area (Å²) in [7, 11) is 1.94. The lowest BCUT2D eigenvalue weighted by atomic mass is 9.94. The van der Waals surface area contributed by atoms with E-state index in [9.17, 15) is 10.1 Å². The minimum absolute atomic E-state index is 0.113. The molecule has 5 nitrogen and oxygen atoms in total. The third-order valence-electron chi connectivity index (χ3n) is 3.64. The topological polar surface area (TPSA) is 68.1 Å². The zero-order valence-electron chi connectivity index (χ0n) is 12.0. The van der Waals surface area contributed by atoms with Crippen LogP contribution in [-0.2, 0) is 6.42 Å². The van der Waals surface area contributed by atoms with Crippen molar-refractivity contribution in [2.45, 2.75) is 26.3 Å². The van der Waals surface area contributed by atoms with Gasteiger partial charge in [-0.1, -0.05) is 13.8 Å². The van der Waals surface area contributed by atoms with E-state index in [2.05, 4.69) is 24.1 Å². The molecule has 0 radical (unpaired) electrons. The number of nitrogens with one attached hydrogen (secondary N) is 1. The number of aromatic nitrogens is 1. The van der Waals surface area contributed by atoms with Gasteiger partial charge in [0.2, 0.25) is 0 Å². The molecule has 0 bridgehead atoms. The maximum Gasteiger partial charge on any atom is 0.278 e. The Labute approximate surface area is 118 Å². The quantitative estimate of drug-likeness (QED) is 0.671. The van der Waals surface area contributed by atoms with Crippen LogP contribution in [0.15, 0.2) is 30.5 Å². The summed E-state index contributed by atoms with van der Waals surface area (Å²) in [6, 6.07) is 7.21. The van der Waals surface area contributed by atoms with Crippen LogP contribution in [0.1, 0.15) is 19.4 Å². The number of hydrogen-bond donors (Lipinski definition) is 1. The second-order valence-electron chi connectivity index (χ2n) is 5.24. The first-order chi connectivity index (χ1) is 9.54. The van der Waals surface area contributed by atoms with Crippen molar-refractivity contribution in [2.24, 2.45) is 5.92 Å². The van der Waals surface area contributed by atoms with Crippen LogP contribution in [0.2, 0.25) is 0 Å². The second kappa shape index (κ2) is 5.96. The fourth-order valence-corrected chi connectivity index (χ4v) is 2.45. The van der Waals surface area contributed by atoms with Gasteiger partial charge in [0.1, 0.15) is 0 Å². The smallest absolute Gasteiger partial charge is 0.278 e. The fraction of sp³-hybridized carbons (Fsp3) is 0.400. The summed E-state index contributed by atoms with van der Waals surface area (Å²) in [5, 5.41) is 15.0. The molecule has 0 amide bonds. The van der Waals surface area contributed by atoms with Crippen molar-refractivity contribution in [3.8, 4) is 0 Å². The molecule has 0 aliphatic carbocycles. The largest absolute Gasteiger partial charge is 0.316 e. The molecule has 1 aromatic carbocycles. The van der Waals surface area contributed by atoms with Gasteiger partial charge in [-0.15, -0.1) is 0 Å². The van der Waals surface area contributed by atoms with E-state index in [4.69, 9.17) is 0 Å². The van der Waals surface area contributed by atoms with Crippen LogP contribution in [-0.4, -0.2) is 23.0 Å². The Hall–Kier alpha value is -2.01. The van der Waals surface area contributed by atoms with Crippen molar-refractivity contribution in [2.75, 3.05) is 7.05 Å². The van der Waals surface area contributed by atoms with Gasteiger partial charge in [0.25, 0.3) is 5.69 Å². The number of nitrogens with zero attached hydrogens (tertiary/aromatic N) is 2. The van der Waals surface area contributed by atoms with Crippen LogP contribution in [0.3, 0.4) is 0 Å². The van der Waals surface area contributed by atoms with Gasteiger partial charge in [-0.2, -0.15) is 0 Å². The standard InChI is InChI=1S/C15H19N3O2/c1-10(2)13(16-3)9-11-6-7-14(18(19)20)12-5-4-8-17-15(11)12/h4-8,10,13,16H,9H2,1-3H3. The van der Waals surface area contributed by atoms with Crippen LogP contribution >= 0.6 is 0 Å². The predicted molar refractivity (Wildman–Crippen MR) is 79.8 cm³/mol. The molecule has 0 aliphatic heterocycles.